The molecule has 1 aromatic rings. The molecule has 0 radical (unpaired) electrons. The van der Waals surface area contributed by atoms with Crippen molar-refractivity contribution in [1.29, 1.82) is 5.26 Å². The van der Waals surface area contributed by atoms with Gasteiger partial charge in [-0.1, -0.05) is 0 Å². The van der Waals surface area contributed by atoms with Gasteiger partial charge in [-0.05, 0) is 43.3 Å². The first-order valence-electron chi connectivity index (χ1n) is 5.68. The summed E-state index contributed by atoms with van der Waals surface area (Å²) in [5.41, 5.74) is 1.44. The van der Waals surface area contributed by atoms with Crippen LogP contribution in [0, 0.1) is 17.2 Å². The zero-order valence-electron chi connectivity index (χ0n) is 9.81. The Morgan fingerprint density at radius 1 is 1.47 bits per heavy atom. The summed E-state index contributed by atoms with van der Waals surface area (Å²) < 4.78 is 0. The van der Waals surface area contributed by atoms with Crippen LogP contribution < -0.4 is 10.2 Å². The summed E-state index contributed by atoms with van der Waals surface area (Å²) in [6.45, 7) is 1.87. The average molecular weight is 229 g/mol. The lowest BCUT2D eigenvalue weighted by Gasteiger charge is -2.28. The van der Waals surface area contributed by atoms with Crippen LogP contribution in [0.4, 0.5) is 5.69 Å². The highest BCUT2D eigenvalue weighted by molar-refractivity contribution is 5.93. The Bertz CT molecular complexity index is 443. The van der Waals surface area contributed by atoms with E-state index in [1.165, 1.54) is 0 Å². The summed E-state index contributed by atoms with van der Waals surface area (Å²) in [6, 6.07) is 9.12. The molecule has 0 bridgehead atoms. The molecular formula is C13H15N3O. The van der Waals surface area contributed by atoms with Crippen molar-refractivity contribution in [2.75, 3.05) is 25.0 Å². The van der Waals surface area contributed by atoms with Crippen LogP contribution in [-0.4, -0.2) is 26.0 Å². The maximum absolute atomic E-state index is 11.9. The second kappa shape index (κ2) is 4.98. The van der Waals surface area contributed by atoms with Gasteiger partial charge in [0, 0.05) is 19.2 Å². The summed E-state index contributed by atoms with van der Waals surface area (Å²) in [5.74, 6) is 0.601. The molecule has 0 aliphatic carbocycles. The maximum Gasteiger partial charge on any atom is 0.227 e. The third kappa shape index (κ3) is 2.63. The number of anilines is 1. The molecular weight excluding hydrogens is 214 g/mol. The molecule has 0 spiro atoms. The second-order valence-electron chi connectivity index (χ2n) is 4.34. The zero-order valence-corrected chi connectivity index (χ0v) is 9.81. The summed E-state index contributed by atoms with van der Waals surface area (Å²) in [6.07, 6.45) is 0.587. The molecule has 1 aliphatic rings. The molecule has 1 N–H and O–H groups in total. The van der Waals surface area contributed by atoms with E-state index in [0.29, 0.717) is 17.9 Å². The third-order valence-corrected chi connectivity index (χ3v) is 3.09. The van der Waals surface area contributed by atoms with E-state index in [-0.39, 0.29) is 5.91 Å². The number of benzene rings is 1. The fourth-order valence-corrected chi connectivity index (χ4v) is 1.78. The lowest BCUT2D eigenvalue weighted by Crippen LogP contribution is -2.44. The van der Waals surface area contributed by atoms with Crippen molar-refractivity contribution in [2.45, 2.75) is 6.42 Å². The number of rotatable bonds is 3. The van der Waals surface area contributed by atoms with Gasteiger partial charge in [-0.3, -0.25) is 4.79 Å². The van der Waals surface area contributed by atoms with Gasteiger partial charge >= 0.3 is 0 Å². The monoisotopic (exact) mass is 229 g/mol. The van der Waals surface area contributed by atoms with E-state index in [4.69, 9.17) is 5.26 Å². The van der Waals surface area contributed by atoms with Crippen LogP contribution in [0.1, 0.15) is 12.0 Å². The highest BCUT2D eigenvalue weighted by atomic mass is 16.2. The molecule has 1 heterocycles. The molecule has 0 saturated carbocycles. The molecule has 17 heavy (non-hydrogen) atoms. The predicted octanol–water partition coefficient (Wildman–Crippen LogP) is 1.13. The van der Waals surface area contributed by atoms with Crippen molar-refractivity contribution in [2.24, 2.45) is 5.92 Å². The van der Waals surface area contributed by atoms with Gasteiger partial charge in [0.25, 0.3) is 0 Å². The quantitative estimate of drug-likeness (QED) is 0.845. The van der Waals surface area contributed by atoms with Gasteiger partial charge in [-0.25, -0.2) is 0 Å². The molecule has 0 aromatic heterocycles. The molecule has 1 saturated heterocycles. The van der Waals surface area contributed by atoms with E-state index >= 15 is 0 Å². The van der Waals surface area contributed by atoms with Crippen LogP contribution in [0.2, 0.25) is 0 Å². The molecule has 1 amide bonds. The number of carbonyl (C=O) groups is 1. The Hall–Kier alpha value is -1.86. The number of carbonyl (C=O) groups excluding carboxylic acids is 1. The van der Waals surface area contributed by atoms with E-state index in [2.05, 4.69) is 11.4 Å². The molecule has 1 fully saturated rings. The standard InChI is InChI=1S/C13H15N3O/c1-16(13(17)6-11-8-15-9-11)12-4-2-10(7-14)3-5-12/h2-5,11,15H,6,8-9H2,1H3. The molecule has 2 rings (SSSR count). The maximum atomic E-state index is 11.9. The molecule has 1 aliphatic heterocycles. The Morgan fingerprint density at radius 2 is 2.12 bits per heavy atom. The van der Waals surface area contributed by atoms with Crippen molar-refractivity contribution in [1.82, 2.24) is 5.32 Å². The van der Waals surface area contributed by atoms with Gasteiger partial charge < -0.3 is 10.2 Å². The first-order valence-corrected chi connectivity index (χ1v) is 5.68. The van der Waals surface area contributed by atoms with Crippen LogP contribution in [0.15, 0.2) is 24.3 Å². The first-order chi connectivity index (χ1) is 8.20. The molecule has 4 heteroatoms. The van der Waals surface area contributed by atoms with E-state index in [0.717, 1.165) is 18.8 Å². The topological polar surface area (TPSA) is 56.1 Å². The van der Waals surface area contributed by atoms with E-state index in [9.17, 15) is 4.79 Å². The van der Waals surface area contributed by atoms with Gasteiger partial charge in [-0.15, -0.1) is 0 Å². The number of nitrogens with zero attached hydrogens (tertiary/aromatic N) is 2. The fraction of sp³-hybridized carbons (Fsp3) is 0.385. The second-order valence-corrected chi connectivity index (χ2v) is 4.34. The van der Waals surface area contributed by atoms with Crippen molar-refractivity contribution in [3.05, 3.63) is 29.8 Å². The third-order valence-electron chi connectivity index (χ3n) is 3.09. The number of amides is 1. The lowest BCUT2D eigenvalue weighted by molar-refractivity contribution is -0.119. The molecule has 0 atom stereocenters. The lowest BCUT2D eigenvalue weighted by atomic mass is 9.98. The molecule has 4 nitrogen and oxygen atoms in total. The summed E-state index contributed by atoms with van der Waals surface area (Å²) in [5, 5.41) is 11.9. The Kier molecular flexibility index (Phi) is 3.40. The van der Waals surface area contributed by atoms with Crippen molar-refractivity contribution in [3.63, 3.8) is 0 Å². The minimum Gasteiger partial charge on any atom is -0.316 e. The molecule has 88 valence electrons. The van der Waals surface area contributed by atoms with Crippen molar-refractivity contribution < 1.29 is 4.79 Å². The number of nitriles is 1. The van der Waals surface area contributed by atoms with Crippen LogP contribution in [0.5, 0.6) is 0 Å². The number of hydrogen-bond acceptors (Lipinski definition) is 3. The van der Waals surface area contributed by atoms with Gasteiger partial charge in [-0.2, -0.15) is 5.26 Å². The van der Waals surface area contributed by atoms with Gasteiger partial charge in [0.15, 0.2) is 0 Å². The van der Waals surface area contributed by atoms with E-state index < -0.39 is 0 Å². The van der Waals surface area contributed by atoms with Crippen molar-refractivity contribution in [3.8, 4) is 6.07 Å². The Morgan fingerprint density at radius 3 is 2.59 bits per heavy atom. The highest BCUT2D eigenvalue weighted by Crippen LogP contribution is 2.17. The smallest absolute Gasteiger partial charge is 0.227 e. The largest absolute Gasteiger partial charge is 0.316 e. The zero-order chi connectivity index (χ0) is 12.3. The highest BCUT2D eigenvalue weighted by Gasteiger charge is 2.22. The normalized spacial score (nSPS) is 14.8. The van der Waals surface area contributed by atoms with Crippen LogP contribution in [0.25, 0.3) is 0 Å². The summed E-state index contributed by atoms with van der Waals surface area (Å²) in [7, 11) is 1.77. The SMILES string of the molecule is CN(C(=O)CC1CNC1)c1ccc(C#N)cc1. The average Bonchev–Trinajstić information content (AvgIpc) is 2.32. The summed E-state index contributed by atoms with van der Waals surface area (Å²) in [4.78, 5) is 13.6. The fourth-order valence-electron chi connectivity index (χ4n) is 1.78. The summed E-state index contributed by atoms with van der Waals surface area (Å²) >= 11 is 0. The molecule has 0 unspecified atom stereocenters. The van der Waals surface area contributed by atoms with Gasteiger partial charge in [0.2, 0.25) is 5.91 Å². The molecule has 1 aromatic carbocycles. The van der Waals surface area contributed by atoms with Crippen LogP contribution in [-0.2, 0) is 4.79 Å². The van der Waals surface area contributed by atoms with E-state index in [1.807, 2.05) is 0 Å². The van der Waals surface area contributed by atoms with Gasteiger partial charge in [0.1, 0.15) is 0 Å². The van der Waals surface area contributed by atoms with Crippen LogP contribution >= 0.6 is 0 Å². The van der Waals surface area contributed by atoms with E-state index in [1.54, 1.807) is 36.2 Å². The van der Waals surface area contributed by atoms with Crippen molar-refractivity contribution >= 4 is 11.6 Å². The van der Waals surface area contributed by atoms with Gasteiger partial charge in [0.05, 0.1) is 11.6 Å². The number of nitrogens with one attached hydrogen (secondary N) is 1. The number of hydrogen-bond donors (Lipinski definition) is 1. The van der Waals surface area contributed by atoms with Crippen LogP contribution in [0.3, 0.4) is 0 Å². The first kappa shape index (κ1) is 11.6. The Labute approximate surface area is 101 Å². The Balaban J connectivity index is 1.99. The predicted molar refractivity (Wildman–Crippen MR) is 65.5 cm³/mol. The minimum atomic E-state index is 0.126. The minimum absolute atomic E-state index is 0.126.